The van der Waals surface area contributed by atoms with Crippen molar-refractivity contribution >= 4 is 0 Å². The van der Waals surface area contributed by atoms with E-state index in [1.54, 1.807) is 12.4 Å². The summed E-state index contributed by atoms with van der Waals surface area (Å²) in [6, 6.07) is 20.1. The van der Waals surface area contributed by atoms with Gasteiger partial charge in [-0.15, -0.1) is 0 Å². The highest BCUT2D eigenvalue weighted by molar-refractivity contribution is 5.40. The molecule has 0 aliphatic heterocycles. The Labute approximate surface area is 153 Å². The van der Waals surface area contributed by atoms with Gasteiger partial charge < -0.3 is 15.2 Å². The minimum absolute atomic E-state index is 0.0790. The second kappa shape index (κ2) is 7.28. The summed E-state index contributed by atoms with van der Waals surface area (Å²) in [6.07, 6.45) is 5.31. The first-order valence-electron chi connectivity index (χ1n) is 8.91. The normalized spacial score (nSPS) is 18.5. The number of ether oxygens (including phenoxy) is 1. The van der Waals surface area contributed by atoms with E-state index in [9.17, 15) is 5.11 Å². The average molecular weight is 346 g/mol. The molecular weight excluding hydrogens is 324 g/mol. The van der Waals surface area contributed by atoms with E-state index in [2.05, 4.69) is 28.5 Å². The molecule has 4 nitrogen and oxygen atoms in total. The third-order valence-electron chi connectivity index (χ3n) is 5.08. The molecule has 26 heavy (non-hydrogen) atoms. The zero-order valence-corrected chi connectivity index (χ0v) is 14.6. The molecule has 4 heteroatoms. The number of pyridine rings is 1. The molecule has 1 aliphatic rings. The van der Waals surface area contributed by atoms with Crippen molar-refractivity contribution in [1.82, 2.24) is 10.3 Å². The fourth-order valence-corrected chi connectivity index (χ4v) is 3.64. The van der Waals surface area contributed by atoms with Crippen LogP contribution in [-0.2, 0) is 18.5 Å². The largest absolute Gasteiger partial charge is 0.455 e. The Morgan fingerprint density at radius 2 is 1.88 bits per heavy atom. The molecule has 1 atom stereocenters. The number of aromatic nitrogens is 1. The SMILES string of the molecule is OCC1(NCc2ccccc2Oc2cccnc2)CCc2ccccc21. The van der Waals surface area contributed by atoms with Crippen LogP contribution in [0.15, 0.2) is 73.1 Å². The van der Waals surface area contributed by atoms with Crippen molar-refractivity contribution in [2.75, 3.05) is 6.61 Å². The lowest BCUT2D eigenvalue weighted by Crippen LogP contribution is -2.43. The van der Waals surface area contributed by atoms with Crippen LogP contribution < -0.4 is 10.1 Å². The first-order chi connectivity index (χ1) is 12.8. The van der Waals surface area contributed by atoms with Crippen molar-refractivity contribution in [2.24, 2.45) is 0 Å². The Kier molecular flexibility index (Phi) is 4.69. The second-order valence-electron chi connectivity index (χ2n) is 6.65. The number of fused-ring (bicyclic) bond motifs is 1. The maximum absolute atomic E-state index is 10.1. The minimum atomic E-state index is -0.391. The van der Waals surface area contributed by atoms with Crippen LogP contribution >= 0.6 is 0 Å². The van der Waals surface area contributed by atoms with Crippen LogP contribution in [0.25, 0.3) is 0 Å². The average Bonchev–Trinajstić information content (AvgIpc) is 3.08. The van der Waals surface area contributed by atoms with E-state index >= 15 is 0 Å². The summed E-state index contributed by atoms with van der Waals surface area (Å²) in [5.74, 6) is 1.51. The maximum Gasteiger partial charge on any atom is 0.145 e. The van der Waals surface area contributed by atoms with Gasteiger partial charge in [-0.25, -0.2) is 0 Å². The van der Waals surface area contributed by atoms with Crippen LogP contribution in [0.1, 0.15) is 23.1 Å². The fourth-order valence-electron chi connectivity index (χ4n) is 3.64. The van der Waals surface area contributed by atoms with Gasteiger partial charge in [-0.05, 0) is 42.2 Å². The maximum atomic E-state index is 10.1. The molecule has 1 unspecified atom stereocenters. The Morgan fingerprint density at radius 1 is 1.04 bits per heavy atom. The van der Waals surface area contributed by atoms with E-state index in [1.165, 1.54) is 11.1 Å². The van der Waals surface area contributed by atoms with Gasteiger partial charge in [0.2, 0.25) is 0 Å². The van der Waals surface area contributed by atoms with Gasteiger partial charge >= 0.3 is 0 Å². The first kappa shape index (κ1) is 16.8. The summed E-state index contributed by atoms with van der Waals surface area (Å²) in [5, 5.41) is 13.7. The number of hydrogen-bond donors (Lipinski definition) is 2. The Hall–Kier alpha value is -2.69. The van der Waals surface area contributed by atoms with Gasteiger partial charge in [0.15, 0.2) is 0 Å². The van der Waals surface area contributed by atoms with E-state index in [1.807, 2.05) is 42.5 Å². The van der Waals surface area contributed by atoms with Crippen LogP contribution in [-0.4, -0.2) is 16.7 Å². The molecule has 4 rings (SSSR count). The summed E-state index contributed by atoms with van der Waals surface area (Å²) in [4.78, 5) is 4.10. The van der Waals surface area contributed by atoms with E-state index in [-0.39, 0.29) is 6.61 Å². The van der Waals surface area contributed by atoms with Gasteiger partial charge in [0, 0.05) is 18.3 Å². The number of hydrogen-bond acceptors (Lipinski definition) is 4. The van der Waals surface area contributed by atoms with E-state index < -0.39 is 5.54 Å². The molecule has 0 spiro atoms. The van der Waals surface area contributed by atoms with Crippen molar-refractivity contribution in [1.29, 1.82) is 0 Å². The van der Waals surface area contributed by atoms with Crippen molar-refractivity contribution in [2.45, 2.75) is 24.9 Å². The predicted octanol–water partition coefficient (Wildman–Crippen LogP) is 3.80. The molecule has 1 aliphatic carbocycles. The molecule has 1 heterocycles. The second-order valence-corrected chi connectivity index (χ2v) is 6.65. The topological polar surface area (TPSA) is 54.4 Å². The van der Waals surface area contributed by atoms with Crippen LogP contribution in [0.3, 0.4) is 0 Å². The molecular formula is C22H22N2O2. The van der Waals surface area contributed by atoms with Crippen LogP contribution in [0, 0.1) is 0 Å². The molecule has 132 valence electrons. The Bertz CT molecular complexity index is 882. The van der Waals surface area contributed by atoms with E-state index in [0.29, 0.717) is 12.3 Å². The van der Waals surface area contributed by atoms with Crippen molar-refractivity contribution < 1.29 is 9.84 Å². The molecule has 3 aromatic rings. The number of para-hydroxylation sites is 1. The summed E-state index contributed by atoms with van der Waals surface area (Å²) in [5.41, 5.74) is 3.17. The molecule has 2 N–H and O–H groups in total. The quantitative estimate of drug-likeness (QED) is 0.713. The summed E-state index contributed by atoms with van der Waals surface area (Å²) < 4.78 is 6.00. The monoisotopic (exact) mass is 346 g/mol. The van der Waals surface area contributed by atoms with Crippen LogP contribution in [0.5, 0.6) is 11.5 Å². The first-order valence-corrected chi connectivity index (χ1v) is 8.91. The smallest absolute Gasteiger partial charge is 0.145 e. The molecule has 0 amide bonds. The highest BCUT2D eigenvalue weighted by atomic mass is 16.5. The molecule has 1 aromatic heterocycles. The van der Waals surface area contributed by atoms with E-state index in [4.69, 9.17) is 4.74 Å². The number of nitrogens with zero attached hydrogens (tertiary/aromatic N) is 1. The molecule has 2 aromatic carbocycles. The minimum Gasteiger partial charge on any atom is -0.455 e. The lowest BCUT2D eigenvalue weighted by atomic mass is 9.92. The highest BCUT2D eigenvalue weighted by Gasteiger charge is 2.37. The number of aliphatic hydroxyl groups excluding tert-OH is 1. The standard InChI is InChI=1S/C22H22N2O2/c25-16-22(12-11-17-6-1-3-9-20(17)22)24-14-18-7-2-4-10-21(18)26-19-8-5-13-23-15-19/h1-10,13,15,24-25H,11-12,14,16H2. The Balaban J connectivity index is 1.55. The lowest BCUT2D eigenvalue weighted by Gasteiger charge is -2.30. The zero-order valence-electron chi connectivity index (χ0n) is 14.6. The molecule has 0 radical (unpaired) electrons. The summed E-state index contributed by atoms with van der Waals surface area (Å²) >= 11 is 0. The van der Waals surface area contributed by atoms with Gasteiger partial charge in [0.1, 0.15) is 11.5 Å². The number of nitrogens with one attached hydrogen (secondary N) is 1. The van der Waals surface area contributed by atoms with Crippen molar-refractivity contribution in [3.05, 3.63) is 89.7 Å². The summed E-state index contributed by atoms with van der Waals surface area (Å²) in [6.45, 7) is 0.695. The van der Waals surface area contributed by atoms with Gasteiger partial charge in [0.05, 0.1) is 18.3 Å². The predicted molar refractivity (Wildman–Crippen MR) is 101 cm³/mol. The van der Waals surface area contributed by atoms with Gasteiger partial charge in [-0.3, -0.25) is 4.98 Å². The van der Waals surface area contributed by atoms with Crippen molar-refractivity contribution in [3.63, 3.8) is 0 Å². The van der Waals surface area contributed by atoms with Gasteiger partial charge in [0.25, 0.3) is 0 Å². The third-order valence-corrected chi connectivity index (χ3v) is 5.08. The molecule has 0 fully saturated rings. The van der Waals surface area contributed by atoms with Crippen molar-refractivity contribution in [3.8, 4) is 11.5 Å². The number of rotatable bonds is 6. The number of aliphatic hydroxyl groups is 1. The molecule has 0 bridgehead atoms. The zero-order chi connectivity index (χ0) is 17.8. The van der Waals surface area contributed by atoms with Crippen LogP contribution in [0.4, 0.5) is 0 Å². The molecule has 0 saturated heterocycles. The number of aryl methyl sites for hydroxylation is 1. The Morgan fingerprint density at radius 3 is 2.73 bits per heavy atom. The van der Waals surface area contributed by atoms with E-state index in [0.717, 1.165) is 24.2 Å². The summed E-state index contributed by atoms with van der Waals surface area (Å²) in [7, 11) is 0. The van der Waals surface area contributed by atoms with Gasteiger partial charge in [-0.2, -0.15) is 0 Å². The van der Waals surface area contributed by atoms with Crippen LogP contribution in [0.2, 0.25) is 0 Å². The third kappa shape index (κ3) is 3.21. The lowest BCUT2D eigenvalue weighted by molar-refractivity contribution is 0.158. The molecule has 0 saturated carbocycles. The van der Waals surface area contributed by atoms with Gasteiger partial charge in [-0.1, -0.05) is 42.5 Å². The highest BCUT2D eigenvalue weighted by Crippen LogP contribution is 2.37. The fraction of sp³-hybridized carbons (Fsp3) is 0.227. The number of benzene rings is 2.